The maximum atomic E-state index is 9.43. The zero-order chi connectivity index (χ0) is 16.5. The van der Waals surface area contributed by atoms with Crippen molar-refractivity contribution in [3.05, 3.63) is 36.8 Å². The van der Waals surface area contributed by atoms with Gasteiger partial charge in [0.2, 0.25) is 0 Å². The van der Waals surface area contributed by atoms with Gasteiger partial charge in [-0.2, -0.15) is 0 Å². The van der Waals surface area contributed by atoms with Crippen molar-refractivity contribution in [1.29, 1.82) is 0 Å². The summed E-state index contributed by atoms with van der Waals surface area (Å²) in [4.78, 5) is 13.5. The Balaban J connectivity index is 1.62. The van der Waals surface area contributed by atoms with Gasteiger partial charge in [-0.15, -0.1) is 0 Å². The second-order valence-corrected chi connectivity index (χ2v) is 6.63. The molecule has 6 nitrogen and oxygen atoms in total. The molecular formula is C18H21N5O. The monoisotopic (exact) mass is 323 g/mol. The Labute approximate surface area is 140 Å². The molecule has 1 aromatic carbocycles. The van der Waals surface area contributed by atoms with Gasteiger partial charge in [-0.05, 0) is 55.9 Å². The standard InChI is InChI=1S/C18H21N5O/c19-14-5-1-12(2-6-14)10-23-11-21-17-18(23)22-16(9-20-17)13-3-7-15(24)8-4-13/h3-4,7-9,11-12,14,24H,1-2,5-6,10,19H2/t12-,14-. The van der Waals surface area contributed by atoms with Crippen LogP contribution in [0, 0.1) is 5.92 Å². The molecule has 0 unspecified atom stereocenters. The fourth-order valence-corrected chi connectivity index (χ4v) is 3.39. The summed E-state index contributed by atoms with van der Waals surface area (Å²) in [6.45, 7) is 0.914. The third kappa shape index (κ3) is 2.97. The molecule has 124 valence electrons. The Bertz CT molecular complexity index is 834. The first-order chi connectivity index (χ1) is 11.7. The van der Waals surface area contributed by atoms with E-state index in [-0.39, 0.29) is 5.75 Å². The van der Waals surface area contributed by atoms with E-state index in [1.54, 1.807) is 18.3 Å². The van der Waals surface area contributed by atoms with Crippen LogP contribution in [0.25, 0.3) is 22.6 Å². The van der Waals surface area contributed by atoms with E-state index in [2.05, 4.69) is 14.5 Å². The zero-order valence-corrected chi connectivity index (χ0v) is 13.5. The Kier molecular flexibility index (Phi) is 3.90. The summed E-state index contributed by atoms with van der Waals surface area (Å²) in [6.07, 6.45) is 8.08. The van der Waals surface area contributed by atoms with Crippen LogP contribution < -0.4 is 5.73 Å². The molecule has 4 rings (SSSR count). The summed E-state index contributed by atoms with van der Waals surface area (Å²) in [5.41, 5.74) is 9.20. The van der Waals surface area contributed by atoms with Gasteiger partial charge in [-0.3, -0.25) is 0 Å². The summed E-state index contributed by atoms with van der Waals surface area (Å²) in [6, 6.07) is 7.36. The largest absolute Gasteiger partial charge is 0.508 e. The number of benzene rings is 1. The second kappa shape index (κ2) is 6.20. The highest BCUT2D eigenvalue weighted by Crippen LogP contribution is 2.26. The zero-order valence-electron chi connectivity index (χ0n) is 13.5. The van der Waals surface area contributed by atoms with Gasteiger partial charge in [-0.25, -0.2) is 15.0 Å². The van der Waals surface area contributed by atoms with Gasteiger partial charge in [0, 0.05) is 18.2 Å². The van der Waals surface area contributed by atoms with E-state index in [1.165, 1.54) is 0 Å². The summed E-state index contributed by atoms with van der Waals surface area (Å²) in [5.74, 6) is 0.870. The summed E-state index contributed by atoms with van der Waals surface area (Å²) < 4.78 is 2.10. The Morgan fingerprint density at radius 2 is 1.83 bits per heavy atom. The average molecular weight is 323 g/mol. The Morgan fingerprint density at radius 3 is 2.58 bits per heavy atom. The molecule has 0 spiro atoms. The molecule has 2 aromatic heterocycles. The number of hydrogen-bond donors (Lipinski definition) is 2. The van der Waals surface area contributed by atoms with Gasteiger partial charge in [0.05, 0.1) is 18.2 Å². The van der Waals surface area contributed by atoms with Crippen LogP contribution in [0.2, 0.25) is 0 Å². The number of nitrogens with zero attached hydrogens (tertiary/aromatic N) is 4. The molecule has 0 atom stereocenters. The molecule has 3 aromatic rings. The fraction of sp³-hybridized carbons (Fsp3) is 0.389. The number of nitrogens with two attached hydrogens (primary N) is 1. The molecule has 6 heteroatoms. The summed E-state index contributed by atoms with van der Waals surface area (Å²) in [7, 11) is 0. The highest BCUT2D eigenvalue weighted by atomic mass is 16.3. The van der Waals surface area contributed by atoms with Crippen LogP contribution in [-0.2, 0) is 6.54 Å². The van der Waals surface area contributed by atoms with E-state index in [0.29, 0.717) is 17.6 Å². The minimum atomic E-state index is 0.244. The fourth-order valence-electron chi connectivity index (χ4n) is 3.39. The van der Waals surface area contributed by atoms with Crippen molar-refractivity contribution in [1.82, 2.24) is 19.5 Å². The number of rotatable bonds is 3. The van der Waals surface area contributed by atoms with Crippen LogP contribution in [0.5, 0.6) is 5.75 Å². The molecule has 1 saturated carbocycles. The molecule has 1 aliphatic rings. The molecule has 0 bridgehead atoms. The summed E-state index contributed by atoms with van der Waals surface area (Å²) in [5, 5.41) is 9.43. The van der Waals surface area contributed by atoms with Gasteiger partial charge in [0.1, 0.15) is 5.75 Å². The van der Waals surface area contributed by atoms with Crippen molar-refractivity contribution in [2.75, 3.05) is 0 Å². The summed E-state index contributed by atoms with van der Waals surface area (Å²) >= 11 is 0. The van der Waals surface area contributed by atoms with E-state index in [1.807, 2.05) is 18.5 Å². The minimum absolute atomic E-state index is 0.244. The van der Waals surface area contributed by atoms with Crippen molar-refractivity contribution < 1.29 is 5.11 Å². The molecule has 3 N–H and O–H groups in total. The smallest absolute Gasteiger partial charge is 0.197 e. The molecule has 2 heterocycles. The molecule has 0 radical (unpaired) electrons. The molecule has 24 heavy (non-hydrogen) atoms. The lowest BCUT2D eigenvalue weighted by molar-refractivity contribution is 0.296. The number of aromatic hydroxyl groups is 1. The highest BCUT2D eigenvalue weighted by Gasteiger charge is 2.20. The van der Waals surface area contributed by atoms with Crippen LogP contribution in [0.1, 0.15) is 25.7 Å². The van der Waals surface area contributed by atoms with Crippen LogP contribution >= 0.6 is 0 Å². The Hall–Kier alpha value is -2.47. The van der Waals surface area contributed by atoms with E-state index < -0.39 is 0 Å². The quantitative estimate of drug-likeness (QED) is 0.773. The van der Waals surface area contributed by atoms with E-state index in [0.717, 1.165) is 49.1 Å². The predicted molar refractivity (Wildman–Crippen MR) is 92.4 cm³/mol. The van der Waals surface area contributed by atoms with Crippen LogP contribution in [0.3, 0.4) is 0 Å². The maximum Gasteiger partial charge on any atom is 0.197 e. The average Bonchev–Trinajstić information content (AvgIpc) is 3.00. The molecule has 1 aliphatic carbocycles. The first kappa shape index (κ1) is 15.1. The molecular weight excluding hydrogens is 302 g/mol. The lowest BCUT2D eigenvalue weighted by Gasteiger charge is -2.26. The second-order valence-electron chi connectivity index (χ2n) is 6.63. The SMILES string of the molecule is N[C@H]1CC[C@H](Cn2cnc3ncc(-c4ccc(O)cc4)nc32)CC1. The highest BCUT2D eigenvalue weighted by molar-refractivity contribution is 5.71. The van der Waals surface area contributed by atoms with E-state index >= 15 is 0 Å². The van der Waals surface area contributed by atoms with Crippen molar-refractivity contribution in [2.45, 2.75) is 38.3 Å². The molecule has 0 saturated heterocycles. The molecule has 0 aliphatic heterocycles. The predicted octanol–water partition coefficient (Wildman–Crippen LogP) is 2.72. The number of fused-ring (bicyclic) bond motifs is 1. The van der Waals surface area contributed by atoms with Gasteiger partial charge in [0.25, 0.3) is 0 Å². The lowest BCUT2D eigenvalue weighted by Crippen LogP contribution is -2.28. The number of phenolic OH excluding ortho intramolecular Hbond substituents is 1. The number of hydrogen-bond acceptors (Lipinski definition) is 5. The lowest BCUT2D eigenvalue weighted by atomic mass is 9.86. The number of imidazole rings is 1. The van der Waals surface area contributed by atoms with Crippen molar-refractivity contribution in [2.24, 2.45) is 11.7 Å². The van der Waals surface area contributed by atoms with Crippen LogP contribution in [-0.4, -0.2) is 30.7 Å². The van der Waals surface area contributed by atoms with Crippen molar-refractivity contribution >= 4 is 11.3 Å². The number of aromatic nitrogens is 4. The van der Waals surface area contributed by atoms with Gasteiger partial charge < -0.3 is 15.4 Å². The topological polar surface area (TPSA) is 89.9 Å². The maximum absolute atomic E-state index is 9.43. The van der Waals surface area contributed by atoms with Crippen molar-refractivity contribution in [3.63, 3.8) is 0 Å². The van der Waals surface area contributed by atoms with E-state index in [9.17, 15) is 5.11 Å². The minimum Gasteiger partial charge on any atom is -0.508 e. The van der Waals surface area contributed by atoms with Crippen LogP contribution in [0.4, 0.5) is 0 Å². The van der Waals surface area contributed by atoms with Crippen molar-refractivity contribution in [3.8, 4) is 17.0 Å². The van der Waals surface area contributed by atoms with Gasteiger partial charge >= 0.3 is 0 Å². The van der Waals surface area contributed by atoms with Gasteiger partial charge in [0.15, 0.2) is 11.3 Å². The molecule has 1 fully saturated rings. The van der Waals surface area contributed by atoms with Gasteiger partial charge in [-0.1, -0.05) is 0 Å². The third-order valence-electron chi connectivity index (χ3n) is 4.84. The molecule has 0 amide bonds. The normalized spacial score (nSPS) is 21.2. The van der Waals surface area contributed by atoms with E-state index in [4.69, 9.17) is 10.7 Å². The number of phenols is 1. The Morgan fingerprint density at radius 1 is 1.08 bits per heavy atom. The first-order valence-electron chi connectivity index (χ1n) is 8.42. The van der Waals surface area contributed by atoms with Crippen LogP contribution in [0.15, 0.2) is 36.8 Å². The first-order valence-corrected chi connectivity index (χ1v) is 8.42. The third-order valence-corrected chi connectivity index (χ3v) is 4.84.